The van der Waals surface area contributed by atoms with Crippen molar-refractivity contribution in [2.24, 2.45) is 4.99 Å². The number of allylic oxidation sites excluding steroid dienone is 5. The SMILES string of the molecule is C=C\C=C/C(=C\C=C)/N=C/C. The zero-order valence-corrected chi connectivity index (χ0v) is 6.83. The van der Waals surface area contributed by atoms with Crippen LogP contribution in [0.2, 0.25) is 0 Å². The van der Waals surface area contributed by atoms with Gasteiger partial charge in [-0.15, -0.1) is 0 Å². The van der Waals surface area contributed by atoms with Gasteiger partial charge in [-0.1, -0.05) is 31.4 Å². The van der Waals surface area contributed by atoms with Gasteiger partial charge in [0.15, 0.2) is 0 Å². The molecule has 0 aliphatic carbocycles. The van der Waals surface area contributed by atoms with E-state index in [0.717, 1.165) is 5.70 Å². The molecule has 11 heavy (non-hydrogen) atoms. The Morgan fingerprint density at radius 3 is 2.45 bits per heavy atom. The molecule has 0 heterocycles. The molecule has 58 valence electrons. The normalized spacial score (nSPS) is 12.6. The molecular weight excluding hydrogens is 134 g/mol. The van der Waals surface area contributed by atoms with Gasteiger partial charge in [-0.2, -0.15) is 0 Å². The lowest BCUT2D eigenvalue weighted by atomic mass is 10.3. The van der Waals surface area contributed by atoms with E-state index in [1.807, 2.05) is 25.2 Å². The van der Waals surface area contributed by atoms with Crippen LogP contribution < -0.4 is 0 Å². The van der Waals surface area contributed by atoms with Gasteiger partial charge >= 0.3 is 0 Å². The average molecular weight is 147 g/mol. The summed E-state index contributed by atoms with van der Waals surface area (Å²) in [7, 11) is 0. The largest absolute Gasteiger partial charge is 0.262 e. The number of rotatable bonds is 4. The van der Waals surface area contributed by atoms with Gasteiger partial charge in [0.2, 0.25) is 0 Å². The van der Waals surface area contributed by atoms with Crippen LogP contribution in [0.4, 0.5) is 0 Å². The second-order valence-electron chi connectivity index (χ2n) is 1.81. The van der Waals surface area contributed by atoms with Gasteiger partial charge in [-0.3, -0.25) is 4.99 Å². The molecule has 0 N–H and O–H groups in total. The van der Waals surface area contributed by atoms with Gasteiger partial charge < -0.3 is 0 Å². The van der Waals surface area contributed by atoms with Crippen molar-refractivity contribution in [3.05, 3.63) is 49.2 Å². The Bertz CT molecular complexity index is 207. The molecular formula is C10H13N. The van der Waals surface area contributed by atoms with Crippen LogP contribution in [0.15, 0.2) is 54.2 Å². The van der Waals surface area contributed by atoms with Crippen molar-refractivity contribution in [3.63, 3.8) is 0 Å². The van der Waals surface area contributed by atoms with Crippen molar-refractivity contribution in [3.8, 4) is 0 Å². The van der Waals surface area contributed by atoms with Crippen molar-refractivity contribution in [1.29, 1.82) is 0 Å². The fraction of sp³-hybridized carbons (Fsp3) is 0.100. The molecule has 0 aliphatic heterocycles. The maximum atomic E-state index is 4.08. The molecule has 1 nitrogen and oxygen atoms in total. The molecule has 0 radical (unpaired) electrons. The molecule has 0 unspecified atom stereocenters. The van der Waals surface area contributed by atoms with E-state index in [0.29, 0.717) is 0 Å². The Labute approximate surface area is 68.2 Å². The van der Waals surface area contributed by atoms with Crippen LogP contribution >= 0.6 is 0 Å². The zero-order chi connectivity index (χ0) is 8.53. The summed E-state index contributed by atoms with van der Waals surface area (Å²) in [5.74, 6) is 0. The summed E-state index contributed by atoms with van der Waals surface area (Å²) in [5.41, 5.74) is 0.877. The van der Waals surface area contributed by atoms with Gasteiger partial charge in [0.25, 0.3) is 0 Å². The lowest BCUT2D eigenvalue weighted by Gasteiger charge is -1.87. The van der Waals surface area contributed by atoms with E-state index in [4.69, 9.17) is 0 Å². The molecule has 0 bridgehead atoms. The predicted octanol–water partition coefficient (Wildman–Crippen LogP) is 2.89. The topological polar surface area (TPSA) is 12.4 Å². The highest BCUT2D eigenvalue weighted by Gasteiger charge is 1.80. The monoisotopic (exact) mass is 147 g/mol. The third kappa shape index (κ3) is 5.09. The molecule has 0 rings (SSSR count). The third-order valence-electron chi connectivity index (χ3n) is 0.970. The quantitative estimate of drug-likeness (QED) is 0.428. The van der Waals surface area contributed by atoms with E-state index >= 15 is 0 Å². The number of nitrogens with zero attached hydrogens (tertiary/aromatic N) is 1. The van der Waals surface area contributed by atoms with Gasteiger partial charge in [0.1, 0.15) is 0 Å². The molecule has 0 amide bonds. The van der Waals surface area contributed by atoms with E-state index in [2.05, 4.69) is 18.2 Å². The Morgan fingerprint density at radius 2 is 2.00 bits per heavy atom. The summed E-state index contributed by atoms with van der Waals surface area (Å²) in [6.45, 7) is 9.02. The van der Waals surface area contributed by atoms with Crippen LogP contribution in [0.5, 0.6) is 0 Å². The first-order valence-electron chi connectivity index (χ1n) is 3.45. The standard InChI is InChI=1S/C10H13N/c1-4-7-9-10(8-5-2)11-6-3/h4-9H,1-2H2,3H3/b9-7-,10-8+,11-6+. The lowest BCUT2D eigenvalue weighted by molar-refractivity contribution is 1.42. The molecule has 0 atom stereocenters. The van der Waals surface area contributed by atoms with Crippen molar-refractivity contribution < 1.29 is 0 Å². The second kappa shape index (κ2) is 6.75. The van der Waals surface area contributed by atoms with Crippen molar-refractivity contribution >= 4 is 6.21 Å². The van der Waals surface area contributed by atoms with Crippen LogP contribution in [0.1, 0.15) is 6.92 Å². The second-order valence-corrected chi connectivity index (χ2v) is 1.81. The van der Waals surface area contributed by atoms with Gasteiger partial charge in [0, 0.05) is 6.21 Å². The van der Waals surface area contributed by atoms with Crippen LogP contribution in [0, 0.1) is 0 Å². The molecule has 0 aromatic carbocycles. The molecule has 0 spiro atoms. The minimum Gasteiger partial charge on any atom is -0.262 e. The van der Waals surface area contributed by atoms with Crippen molar-refractivity contribution in [2.75, 3.05) is 0 Å². The minimum absolute atomic E-state index is 0.877. The highest BCUT2D eigenvalue weighted by atomic mass is 14.7. The van der Waals surface area contributed by atoms with Crippen LogP contribution in [-0.4, -0.2) is 6.21 Å². The molecule has 1 heteroatoms. The van der Waals surface area contributed by atoms with E-state index < -0.39 is 0 Å². The van der Waals surface area contributed by atoms with Gasteiger partial charge in [-0.25, -0.2) is 0 Å². The summed E-state index contributed by atoms with van der Waals surface area (Å²) in [5, 5.41) is 0. The highest BCUT2D eigenvalue weighted by Crippen LogP contribution is 1.98. The summed E-state index contributed by atoms with van der Waals surface area (Å²) in [4.78, 5) is 4.08. The number of hydrogen-bond acceptors (Lipinski definition) is 1. The first kappa shape index (κ1) is 9.63. The molecule has 0 saturated heterocycles. The number of hydrogen-bond donors (Lipinski definition) is 0. The smallest absolute Gasteiger partial charge is 0.0625 e. The molecule has 0 fully saturated rings. The summed E-state index contributed by atoms with van der Waals surface area (Å²) in [6, 6.07) is 0. The zero-order valence-electron chi connectivity index (χ0n) is 6.83. The predicted molar refractivity (Wildman–Crippen MR) is 51.8 cm³/mol. The Balaban J connectivity index is 4.33. The Kier molecular flexibility index (Phi) is 5.91. The van der Waals surface area contributed by atoms with E-state index in [-0.39, 0.29) is 0 Å². The summed E-state index contributed by atoms with van der Waals surface area (Å²) >= 11 is 0. The minimum atomic E-state index is 0.877. The molecule has 0 aromatic heterocycles. The summed E-state index contributed by atoms with van der Waals surface area (Å²) in [6.07, 6.45) is 10.7. The average Bonchev–Trinajstić information content (AvgIpc) is 2.01. The van der Waals surface area contributed by atoms with Gasteiger partial charge in [-0.05, 0) is 19.1 Å². The highest BCUT2D eigenvalue weighted by molar-refractivity contribution is 5.56. The van der Waals surface area contributed by atoms with Gasteiger partial charge in [0.05, 0.1) is 5.70 Å². The van der Waals surface area contributed by atoms with E-state index in [1.165, 1.54) is 0 Å². The Morgan fingerprint density at radius 1 is 1.27 bits per heavy atom. The fourth-order valence-corrected chi connectivity index (χ4v) is 0.578. The first-order valence-corrected chi connectivity index (χ1v) is 3.45. The fourth-order valence-electron chi connectivity index (χ4n) is 0.578. The summed E-state index contributed by atoms with van der Waals surface area (Å²) < 4.78 is 0. The maximum absolute atomic E-state index is 4.08. The van der Waals surface area contributed by atoms with Crippen LogP contribution in [-0.2, 0) is 0 Å². The van der Waals surface area contributed by atoms with Crippen molar-refractivity contribution in [2.45, 2.75) is 6.92 Å². The van der Waals surface area contributed by atoms with E-state index in [1.54, 1.807) is 18.4 Å². The first-order chi connectivity index (χ1) is 5.35. The third-order valence-corrected chi connectivity index (χ3v) is 0.970. The Hall–Kier alpha value is -1.37. The van der Waals surface area contributed by atoms with Crippen LogP contribution in [0.3, 0.4) is 0 Å². The molecule has 0 aliphatic rings. The van der Waals surface area contributed by atoms with Crippen molar-refractivity contribution in [1.82, 2.24) is 0 Å². The number of aliphatic imine (C=N–C) groups is 1. The molecule has 0 saturated carbocycles. The van der Waals surface area contributed by atoms with Crippen LogP contribution in [0.25, 0.3) is 0 Å². The van der Waals surface area contributed by atoms with E-state index in [9.17, 15) is 0 Å². The lowest BCUT2D eigenvalue weighted by Crippen LogP contribution is -1.70. The molecule has 0 aromatic rings. The maximum Gasteiger partial charge on any atom is 0.0625 e.